The first-order chi connectivity index (χ1) is 8.94. The third-order valence-electron chi connectivity index (χ3n) is 2.93. The lowest BCUT2D eigenvalue weighted by Crippen LogP contribution is -2.42. The highest BCUT2D eigenvalue weighted by atomic mass is 16.3. The number of primary amides is 1. The highest BCUT2D eigenvalue weighted by Crippen LogP contribution is 2.31. The quantitative estimate of drug-likeness (QED) is 0.655. The third-order valence-corrected chi connectivity index (χ3v) is 2.93. The van der Waals surface area contributed by atoms with E-state index >= 15 is 0 Å². The van der Waals surface area contributed by atoms with Gasteiger partial charge < -0.3 is 21.1 Å². The molecule has 1 amide bonds. The number of carbonyl (C=O) groups excluding carboxylic acids is 1. The van der Waals surface area contributed by atoms with E-state index in [-0.39, 0.29) is 22.6 Å². The van der Waals surface area contributed by atoms with Crippen LogP contribution in [0.1, 0.15) is 11.1 Å². The Hall–Kier alpha value is -2.53. The molecule has 0 radical (unpaired) electrons. The van der Waals surface area contributed by atoms with Crippen molar-refractivity contribution in [3.63, 3.8) is 0 Å². The Bertz CT molecular complexity index is 544. The van der Waals surface area contributed by atoms with Crippen LogP contribution in [-0.4, -0.2) is 21.2 Å². The van der Waals surface area contributed by atoms with Crippen molar-refractivity contribution in [2.45, 2.75) is 5.60 Å². The number of aromatic hydroxyl groups is 2. The van der Waals surface area contributed by atoms with Crippen molar-refractivity contribution in [2.24, 2.45) is 5.73 Å². The molecule has 2 aromatic rings. The molecule has 2 rings (SSSR count). The molecule has 98 valence electrons. The van der Waals surface area contributed by atoms with Crippen LogP contribution in [0.5, 0.6) is 11.5 Å². The van der Waals surface area contributed by atoms with Gasteiger partial charge in [0.15, 0.2) is 5.60 Å². The number of benzene rings is 2. The van der Waals surface area contributed by atoms with Crippen molar-refractivity contribution >= 4 is 5.91 Å². The van der Waals surface area contributed by atoms with Crippen molar-refractivity contribution in [3.8, 4) is 11.5 Å². The minimum atomic E-state index is -2.01. The normalized spacial score (nSPS) is 11.2. The fraction of sp³-hybridized carbons (Fsp3) is 0.0714. The van der Waals surface area contributed by atoms with E-state index in [1.165, 1.54) is 48.5 Å². The summed E-state index contributed by atoms with van der Waals surface area (Å²) in [5.74, 6) is -0.911. The molecule has 0 atom stereocenters. The van der Waals surface area contributed by atoms with Gasteiger partial charge in [-0.05, 0) is 35.4 Å². The zero-order chi connectivity index (χ0) is 14.0. The summed E-state index contributed by atoms with van der Waals surface area (Å²) in [6, 6.07) is 11.0. The van der Waals surface area contributed by atoms with Crippen molar-refractivity contribution in [1.82, 2.24) is 0 Å². The van der Waals surface area contributed by atoms with Crippen LogP contribution in [0.2, 0.25) is 0 Å². The number of carbonyl (C=O) groups is 1. The predicted octanol–water partition coefficient (Wildman–Crippen LogP) is 0.819. The van der Waals surface area contributed by atoms with Gasteiger partial charge in [-0.15, -0.1) is 0 Å². The SMILES string of the molecule is NC(=O)C(O)(c1ccc(O)cc1)c1ccc(O)cc1. The Kier molecular flexibility index (Phi) is 3.14. The van der Waals surface area contributed by atoms with Gasteiger partial charge in [0.25, 0.3) is 5.91 Å². The molecule has 0 spiro atoms. The van der Waals surface area contributed by atoms with E-state index in [0.29, 0.717) is 0 Å². The molecule has 0 saturated carbocycles. The summed E-state index contributed by atoms with van der Waals surface area (Å²) >= 11 is 0. The van der Waals surface area contributed by atoms with Crippen molar-refractivity contribution in [2.75, 3.05) is 0 Å². The smallest absolute Gasteiger partial charge is 0.258 e. The van der Waals surface area contributed by atoms with E-state index in [1.807, 2.05) is 0 Å². The molecule has 0 bridgehead atoms. The zero-order valence-electron chi connectivity index (χ0n) is 9.95. The van der Waals surface area contributed by atoms with Gasteiger partial charge >= 0.3 is 0 Å². The van der Waals surface area contributed by atoms with E-state index < -0.39 is 11.5 Å². The number of hydrogen-bond acceptors (Lipinski definition) is 4. The Labute approximate surface area is 109 Å². The number of phenols is 2. The maximum absolute atomic E-state index is 11.6. The van der Waals surface area contributed by atoms with Gasteiger partial charge in [0.1, 0.15) is 11.5 Å². The maximum atomic E-state index is 11.6. The first-order valence-corrected chi connectivity index (χ1v) is 5.56. The van der Waals surface area contributed by atoms with E-state index in [2.05, 4.69) is 0 Å². The van der Waals surface area contributed by atoms with E-state index in [0.717, 1.165) is 0 Å². The van der Waals surface area contributed by atoms with E-state index in [9.17, 15) is 20.1 Å². The summed E-state index contributed by atoms with van der Waals surface area (Å²) in [6.07, 6.45) is 0. The highest BCUT2D eigenvalue weighted by Gasteiger charge is 2.38. The molecule has 0 aromatic heterocycles. The van der Waals surface area contributed by atoms with Gasteiger partial charge in [-0.3, -0.25) is 4.79 Å². The lowest BCUT2D eigenvalue weighted by Gasteiger charge is -2.25. The Morgan fingerprint density at radius 2 is 1.16 bits per heavy atom. The largest absolute Gasteiger partial charge is 0.508 e. The number of aliphatic hydroxyl groups is 1. The van der Waals surface area contributed by atoms with Crippen molar-refractivity contribution in [1.29, 1.82) is 0 Å². The summed E-state index contributed by atoms with van der Waals surface area (Å²) < 4.78 is 0. The summed E-state index contributed by atoms with van der Waals surface area (Å²) in [4.78, 5) is 11.6. The molecule has 0 fully saturated rings. The number of phenolic OH excluding ortho intramolecular Hbond substituents is 2. The number of amides is 1. The molecule has 5 nitrogen and oxygen atoms in total. The van der Waals surface area contributed by atoms with Crippen LogP contribution in [0, 0.1) is 0 Å². The molecule has 2 aromatic carbocycles. The van der Waals surface area contributed by atoms with Gasteiger partial charge in [0.05, 0.1) is 0 Å². The Morgan fingerprint density at radius 1 is 0.842 bits per heavy atom. The molecule has 0 aliphatic rings. The van der Waals surface area contributed by atoms with Crippen LogP contribution in [0.4, 0.5) is 0 Å². The summed E-state index contributed by atoms with van der Waals surface area (Å²) in [5.41, 5.74) is 3.76. The van der Waals surface area contributed by atoms with Crippen LogP contribution < -0.4 is 5.73 Å². The van der Waals surface area contributed by atoms with Crippen molar-refractivity contribution < 1.29 is 20.1 Å². The van der Waals surface area contributed by atoms with Gasteiger partial charge in [0.2, 0.25) is 0 Å². The minimum Gasteiger partial charge on any atom is -0.508 e. The average molecular weight is 259 g/mol. The van der Waals surface area contributed by atoms with Crippen LogP contribution in [0.15, 0.2) is 48.5 Å². The Balaban J connectivity index is 2.57. The van der Waals surface area contributed by atoms with E-state index in [4.69, 9.17) is 5.73 Å². The van der Waals surface area contributed by atoms with Gasteiger partial charge in [0, 0.05) is 0 Å². The molecule has 0 heterocycles. The predicted molar refractivity (Wildman–Crippen MR) is 68.4 cm³/mol. The number of nitrogens with two attached hydrogens (primary N) is 1. The molecular weight excluding hydrogens is 246 g/mol. The molecule has 0 aliphatic heterocycles. The summed E-state index contributed by atoms with van der Waals surface area (Å²) in [5, 5.41) is 29.0. The monoisotopic (exact) mass is 259 g/mol. The van der Waals surface area contributed by atoms with Gasteiger partial charge in [-0.1, -0.05) is 24.3 Å². The molecule has 5 N–H and O–H groups in total. The number of hydrogen-bond donors (Lipinski definition) is 4. The second-order valence-electron chi connectivity index (χ2n) is 4.17. The van der Waals surface area contributed by atoms with Crippen LogP contribution in [-0.2, 0) is 10.4 Å². The molecule has 5 heteroatoms. The molecule has 0 aliphatic carbocycles. The minimum absolute atomic E-state index is 0.0151. The van der Waals surface area contributed by atoms with Crippen LogP contribution in [0.3, 0.4) is 0 Å². The number of rotatable bonds is 3. The molecule has 0 saturated heterocycles. The van der Waals surface area contributed by atoms with E-state index in [1.54, 1.807) is 0 Å². The van der Waals surface area contributed by atoms with Crippen molar-refractivity contribution in [3.05, 3.63) is 59.7 Å². The highest BCUT2D eigenvalue weighted by molar-refractivity contribution is 5.88. The fourth-order valence-corrected chi connectivity index (χ4v) is 1.86. The van der Waals surface area contributed by atoms with Crippen LogP contribution >= 0.6 is 0 Å². The first kappa shape index (κ1) is 12.9. The van der Waals surface area contributed by atoms with Crippen LogP contribution in [0.25, 0.3) is 0 Å². The lowest BCUT2D eigenvalue weighted by atomic mass is 9.85. The maximum Gasteiger partial charge on any atom is 0.258 e. The second kappa shape index (κ2) is 4.62. The first-order valence-electron chi connectivity index (χ1n) is 5.56. The lowest BCUT2D eigenvalue weighted by molar-refractivity contribution is -0.133. The second-order valence-corrected chi connectivity index (χ2v) is 4.17. The molecular formula is C14H13NO4. The standard InChI is InChI=1S/C14H13NO4/c15-13(18)14(19,9-1-5-11(16)6-2-9)10-3-7-12(17)8-4-10/h1-8,16-17,19H,(H2,15,18). The molecule has 19 heavy (non-hydrogen) atoms. The summed E-state index contributed by atoms with van der Waals surface area (Å²) in [6.45, 7) is 0. The molecule has 0 unspecified atom stereocenters. The topological polar surface area (TPSA) is 104 Å². The average Bonchev–Trinajstić information content (AvgIpc) is 2.39. The van der Waals surface area contributed by atoms with Gasteiger partial charge in [-0.25, -0.2) is 0 Å². The third kappa shape index (κ3) is 2.23. The fourth-order valence-electron chi connectivity index (χ4n) is 1.86. The summed E-state index contributed by atoms with van der Waals surface area (Å²) in [7, 11) is 0. The zero-order valence-corrected chi connectivity index (χ0v) is 9.95. The van der Waals surface area contributed by atoms with Gasteiger partial charge in [-0.2, -0.15) is 0 Å². The Morgan fingerprint density at radius 3 is 1.42 bits per heavy atom.